The van der Waals surface area contributed by atoms with Crippen LogP contribution in [0.4, 0.5) is 0 Å². The number of guanidine groups is 1. The maximum Gasteiger partial charge on any atom is 0.194 e. The number of sulfone groups is 1. The minimum Gasteiger partial charge on any atom is -0.357 e. The fourth-order valence-corrected chi connectivity index (χ4v) is 3.98. The molecule has 0 aromatic heterocycles. The Bertz CT molecular complexity index is 488. The van der Waals surface area contributed by atoms with E-state index >= 15 is 0 Å². The summed E-state index contributed by atoms with van der Waals surface area (Å²) in [6.07, 6.45) is 2.41. The van der Waals surface area contributed by atoms with E-state index in [0.29, 0.717) is 13.1 Å². The zero-order chi connectivity index (χ0) is 17.5. The minimum absolute atomic E-state index is 0.195. The molecule has 0 radical (unpaired) electrons. The minimum atomic E-state index is -3.02. The number of aliphatic imine (C=N–C) groups is 1. The molecule has 23 heavy (non-hydrogen) atoms. The van der Waals surface area contributed by atoms with E-state index in [2.05, 4.69) is 29.1 Å². The van der Waals surface area contributed by atoms with Crippen molar-refractivity contribution in [2.75, 3.05) is 52.1 Å². The van der Waals surface area contributed by atoms with Crippen molar-refractivity contribution in [3.63, 3.8) is 0 Å². The number of hydrogen-bond acceptors (Lipinski definition) is 4. The van der Waals surface area contributed by atoms with E-state index < -0.39 is 14.6 Å². The van der Waals surface area contributed by atoms with E-state index in [1.54, 1.807) is 13.8 Å². The van der Waals surface area contributed by atoms with Crippen LogP contribution in [0, 0.1) is 0 Å². The van der Waals surface area contributed by atoms with Crippen LogP contribution in [0.3, 0.4) is 0 Å². The van der Waals surface area contributed by atoms with Crippen LogP contribution >= 0.6 is 0 Å². The van der Waals surface area contributed by atoms with Gasteiger partial charge in [0, 0.05) is 26.2 Å². The molecule has 1 saturated heterocycles. The van der Waals surface area contributed by atoms with Gasteiger partial charge in [-0.15, -0.1) is 0 Å². The van der Waals surface area contributed by atoms with E-state index in [4.69, 9.17) is 4.99 Å². The number of rotatable bonds is 7. The molecule has 1 heterocycles. The Labute approximate surface area is 142 Å². The standard InChI is InChI=1S/C16H34N4O2S/c1-6-8-10-19(5)11-9-18-15(17-7-2)20-12-13-23(21,22)16(3,4)14-20/h6-14H2,1-5H3,(H,17,18). The van der Waals surface area contributed by atoms with Crippen molar-refractivity contribution < 1.29 is 8.42 Å². The van der Waals surface area contributed by atoms with Gasteiger partial charge >= 0.3 is 0 Å². The molecule has 7 heteroatoms. The van der Waals surface area contributed by atoms with Gasteiger partial charge in [-0.25, -0.2) is 8.42 Å². The summed E-state index contributed by atoms with van der Waals surface area (Å²) in [6, 6.07) is 0. The molecule has 0 unspecified atom stereocenters. The van der Waals surface area contributed by atoms with Gasteiger partial charge in [-0.05, 0) is 40.8 Å². The Morgan fingerprint density at radius 2 is 2.00 bits per heavy atom. The molecular formula is C16H34N4O2S. The van der Waals surface area contributed by atoms with Crippen molar-refractivity contribution in [3.05, 3.63) is 0 Å². The first-order valence-corrected chi connectivity index (χ1v) is 10.3. The first-order chi connectivity index (χ1) is 10.7. The Kier molecular flexibility index (Phi) is 7.80. The van der Waals surface area contributed by atoms with E-state index in [0.717, 1.165) is 32.1 Å². The van der Waals surface area contributed by atoms with Crippen LogP contribution in [0.2, 0.25) is 0 Å². The van der Waals surface area contributed by atoms with Crippen molar-refractivity contribution >= 4 is 15.8 Å². The van der Waals surface area contributed by atoms with Gasteiger partial charge in [-0.2, -0.15) is 0 Å². The van der Waals surface area contributed by atoms with E-state index in [1.165, 1.54) is 12.8 Å². The maximum absolute atomic E-state index is 12.1. The summed E-state index contributed by atoms with van der Waals surface area (Å²) >= 11 is 0. The van der Waals surface area contributed by atoms with Crippen molar-refractivity contribution in [2.45, 2.75) is 45.3 Å². The summed E-state index contributed by atoms with van der Waals surface area (Å²) in [5.41, 5.74) is 0. The summed E-state index contributed by atoms with van der Waals surface area (Å²) < 4.78 is 23.6. The molecule has 1 N–H and O–H groups in total. The summed E-state index contributed by atoms with van der Waals surface area (Å²) in [6.45, 7) is 12.4. The van der Waals surface area contributed by atoms with E-state index in [1.807, 2.05) is 6.92 Å². The predicted molar refractivity (Wildman–Crippen MR) is 97.8 cm³/mol. The molecule has 1 fully saturated rings. The quantitative estimate of drug-likeness (QED) is 0.554. The first kappa shape index (κ1) is 20.2. The van der Waals surface area contributed by atoms with Crippen LogP contribution in [-0.2, 0) is 9.84 Å². The molecule has 1 aliphatic heterocycles. The lowest BCUT2D eigenvalue weighted by molar-refractivity contribution is 0.332. The Morgan fingerprint density at radius 3 is 2.57 bits per heavy atom. The van der Waals surface area contributed by atoms with Crippen LogP contribution in [0.5, 0.6) is 0 Å². The van der Waals surface area contributed by atoms with Crippen LogP contribution in [0.1, 0.15) is 40.5 Å². The Balaban J connectivity index is 2.66. The highest BCUT2D eigenvalue weighted by atomic mass is 32.2. The van der Waals surface area contributed by atoms with Gasteiger partial charge in [0.15, 0.2) is 15.8 Å². The van der Waals surface area contributed by atoms with Gasteiger partial charge < -0.3 is 15.1 Å². The summed E-state index contributed by atoms with van der Waals surface area (Å²) in [4.78, 5) is 9.07. The summed E-state index contributed by atoms with van der Waals surface area (Å²) in [5, 5.41) is 3.30. The highest BCUT2D eigenvalue weighted by Gasteiger charge is 2.40. The third-order valence-corrected chi connectivity index (χ3v) is 6.85. The lowest BCUT2D eigenvalue weighted by Gasteiger charge is -2.39. The molecule has 0 bridgehead atoms. The first-order valence-electron chi connectivity index (χ1n) is 8.67. The highest BCUT2D eigenvalue weighted by Crippen LogP contribution is 2.23. The molecule has 6 nitrogen and oxygen atoms in total. The number of nitrogens with one attached hydrogen (secondary N) is 1. The third-order valence-electron chi connectivity index (χ3n) is 4.31. The zero-order valence-electron chi connectivity index (χ0n) is 15.4. The van der Waals surface area contributed by atoms with E-state index in [9.17, 15) is 8.42 Å². The Hall–Kier alpha value is -0.820. The van der Waals surface area contributed by atoms with Crippen molar-refractivity contribution in [3.8, 4) is 0 Å². The van der Waals surface area contributed by atoms with E-state index in [-0.39, 0.29) is 5.75 Å². The molecule has 0 aromatic rings. The zero-order valence-corrected chi connectivity index (χ0v) is 16.2. The van der Waals surface area contributed by atoms with Gasteiger partial charge in [-0.3, -0.25) is 4.99 Å². The lowest BCUT2D eigenvalue weighted by atomic mass is 10.2. The van der Waals surface area contributed by atoms with Gasteiger partial charge in [0.2, 0.25) is 0 Å². The van der Waals surface area contributed by atoms with Gasteiger partial charge in [0.05, 0.1) is 17.0 Å². The predicted octanol–water partition coefficient (Wildman–Crippen LogP) is 1.19. The van der Waals surface area contributed by atoms with Crippen molar-refractivity contribution in [1.82, 2.24) is 15.1 Å². The molecule has 0 aromatic carbocycles. The molecule has 0 atom stereocenters. The second-order valence-corrected chi connectivity index (χ2v) is 9.64. The normalized spacial score (nSPS) is 20.8. The molecule has 1 aliphatic rings. The summed E-state index contributed by atoms with van der Waals surface area (Å²) in [5.74, 6) is 1.03. The SMILES string of the molecule is CCCCN(C)CCN=C(NCC)N1CCS(=O)(=O)C(C)(C)C1. The molecule has 0 amide bonds. The number of nitrogens with zero attached hydrogens (tertiary/aromatic N) is 3. The largest absolute Gasteiger partial charge is 0.357 e. The number of hydrogen-bond donors (Lipinski definition) is 1. The average Bonchev–Trinajstić information content (AvgIpc) is 2.47. The topological polar surface area (TPSA) is 65.0 Å². The van der Waals surface area contributed by atoms with Crippen LogP contribution in [0.15, 0.2) is 4.99 Å². The number of likely N-dealkylation sites (N-methyl/N-ethyl adjacent to an activating group) is 1. The number of unbranched alkanes of at least 4 members (excludes halogenated alkanes) is 1. The second kappa shape index (κ2) is 8.87. The van der Waals surface area contributed by atoms with Crippen LogP contribution in [-0.4, -0.2) is 81.0 Å². The molecule has 1 rings (SSSR count). The molecule has 0 saturated carbocycles. The second-order valence-electron chi connectivity index (χ2n) is 6.89. The lowest BCUT2D eigenvalue weighted by Crippen LogP contribution is -2.57. The van der Waals surface area contributed by atoms with Gasteiger partial charge in [0.1, 0.15) is 0 Å². The molecule has 136 valence electrons. The van der Waals surface area contributed by atoms with Gasteiger partial charge in [-0.1, -0.05) is 13.3 Å². The maximum atomic E-state index is 12.1. The fraction of sp³-hybridized carbons (Fsp3) is 0.938. The smallest absolute Gasteiger partial charge is 0.194 e. The monoisotopic (exact) mass is 346 g/mol. The Morgan fingerprint density at radius 1 is 1.30 bits per heavy atom. The average molecular weight is 347 g/mol. The van der Waals surface area contributed by atoms with Crippen molar-refractivity contribution in [1.29, 1.82) is 0 Å². The third kappa shape index (κ3) is 5.95. The van der Waals surface area contributed by atoms with Gasteiger partial charge in [0.25, 0.3) is 0 Å². The highest BCUT2D eigenvalue weighted by molar-refractivity contribution is 7.92. The van der Waals surface area contributed by atoms with Crippen LogP contribution < -0.4 is 5.32 Å². The molecular weight excluding hydrogens is 312 g/mol. The van der Waals surface area contributed by atoms with Crippen molar-refractivity contribution in [2.24, 2.45) is 4.99 Å². The fourth-order valence-electron chi connectivity index (χ4n) is 2.62. The summed E-state index contributed by atoms with van der Waals surface area (Å²) in [7, 11) is -0.900. The molecule has 0 spiro atoms. The molecule has 0 aliphatic carbocycles. The van der Waals surface area contributed by atoms with Crippen LogP contribution in [0.25, 0.3) is 0 Å².